The molecular formula is C5H8N2O5. The van der Waals surface area contributed by atoms with Crippen LogP contribution in [0.5, 0.6) is 0 Å². The second-order valence-corrected chi connectivity index (χ2v) is 2.01. The van der Waals surface area contributed by atoms with Gasteiger partial charge in [0.05, 0.1) is 6.42 Å². The highest BCUT2D eigenvalue weighted by Crippen LogP contribution is 1.90. The van der Waals surface area contributed by atoms with Gasteiger partial charge in [-0.1, -0.05) is 0 Å². The van der Waals surface area contributed by atoms with Crippen LogP contribution in [0.15, 0.2) is 0 Å². The van der Waals surface area contributed by atoms with Crippen molar-refractivity contribution in [2.45, 2.75) is 12.5 Å². The Labute approximate surface area is 67.2 Å². The molecule has 0 heterocycles. The summed E-state index contributed by atoms with van der Waals surface area (Å²) < 4.78 is 0. The minimum absolute atomic E-state index is 0.554. The number of rotatable bonds is 4. The topological polar surface area (TPSA) is 130 Å². The van der Waals surface area contributed by atoms with Gasteiger partial charge in [0.15, 0.2) is 0 Å². The van der Waals surface area contributed by atoms with E-state index in [1.807, 2.05) is 0 Å². The fraction of sp³-hybridized carbons (Fsp3) is 0.400. The molecule has 0 aliphatic carbocycles. The number of carboxylic acids is 1. The van der Waals surface area contributed by atoms with Gasteiger partial charge in [-0.25, -0.2) is 9.59 Å². The van der Waals surface area contributed by atoms with Crippen molar-refractivity contribution in [1.82, 2.24) is 5.32 Å². The first-order valence-corrected chi connectivity index (χ1v) is 2.94. The van der Waals surface area contributed by atoms with Crippen molar-refractivity contribution in [1.29, 1.82) is 0 Å². The van der Waals surface area contributed by atoms with Crippen LogP contribution in [-0.4, -0.2) is 34.2 Å². The fourth-order valence-electron chi connectivity index (χ4n) is 0.550. The minimum Gasteiger partial charge on any atom is -0.480 e. The van der Waals surface area contributed by atoms with Crippen LogP contribution in [0.4, 0.5) is 4.79 Å². The highest BCUT2D eigenvalue weighted by molar-refractivity contribution is 5.85. The largest absolute Gasteiger partial charge is 0.480 e. The maximum absolute atomic E-state index is 10.2. The van der Waals surface area contributed by atoms with E-state index < -0.39 is 30.4 Å². The molecule has 0 aliphatic heterocycles. The Morgan fingerprint density at radius 1 is 1.33 bits per heavy atom. The van der Waals surface area contributed by atoms with Crippen molar-refractivity contribution in [2.75, 3.05) is 0 Å². The van der Waals surface area contributed by atoms with Crippen LogP contribution in [0.25, 0.3) is 0 Å². The summed E-state index contributed by atoms with van der Waals surface area (Å²) >= 11 is 0. The molecule has 0 aromatic rings. The summed E-state index contributed by atoms with van der Waals surface area (Å²) in [6.45, 7) is 0. The monoisotopic (exact) mass is 176 g/mol. The second kappa shape index (κ2) is 4.16. The zero-order valence-corrected chi connectivity index (χ0v) is 5.98. The van der Waals surface area contributed by atoms with Crippen LogP contribution in [-0.2, 0) is 9.59 Å². The Balaban J connectivity index is 4.14. The SMILES string of the molecule is NC(=O)CC(NC(=O)O)C(=O)O. The average Bonchev–Trinajstić information content (AvgIpc) is 1.83. The standard InChI is InChI=1S/C5H8N2O5/c6-3(8)1-2(4(9)10)7-5(11)12/h2,7H,1H2,(H2,6,8)(H,9,10)(H,11,12). The van der Waals surface area contributed by atoms with Gasteiger partial charge >= 0.3 is 12.1 Å². The molecule has 2 amide bonds. The molecule has 0 aromatic carbocycles. The predicted octanol–water partition coefficient (Wildman–Crippen LogP) is -1.42. The highest BCUT2D eigenvalue weighted by atomic mass is 16.4. The first kappa shape index (κ1) is 10.2. The van der Waals surface area contributed by atoms with Crippen LogP contribution in [0.2, 0.25) is 0 Å². The van der Waals surface area contributed by atoms with Crippen LogP contribution >= 0.6 is 0 Å². The van der Waals surface area contributed by atoms with Crippen molar-refractivity contribution >= 4 is 18.0 Å². The van der Waals surface area contributed by atoms with Gasteiger partial charge in [-0.3, -0.25) is 4.79 Å². The lowest BCUT2D eigenvalue weighted by Crippen LogP contribution is -2.42. The zero-order chi connectivity index (χ0) is 9.72. The smallest absolute Gasteiger partial charge is 0.405 e. The Morgan fingerprint density at radius 2 is 1.83 bits per heavy atom. The van der Waals surface area contributed by atoms with E-state index in [2.05, 4.69) is 5.73 Å². The van der Waals surface area contributed by atoms with Crippen molar-refractivity contribution in [3.05, 3.63) is 0 Å². The molecule has 68 valence electrons. The normalized spacial score (nSPS) is 11.7. The van der Waals surface area contributed by atoms with Gasteiger partial charge in [-0.15, -0.1) is 0 Å². The molecule has 7 nitrogen and oxygen atoms in total. The third-order valence-electron chi connectivity index (χ3n) is 1.00. The van der Waals surface area contributed by atoms with Crippen LogP contribution in [0, 0.1) is 0 Å². The number of nitrogens with one attached hydrogen (secondary N) is 1. The molecule has 0 rings (SSSR count). The Kier molecular flexibility index (Phi) is 3.54. The van der Waals surface area contributed by atoms with E-state index in [0.717, 1.165) is 0 Å². The molecule has 12 heavy (non-hydrogen) atoms. The van der Waals surface area contributed by atoms with Gasteiger partial charge < -0.3 is 21.3 Å². The minimum atomic E-state index is -1.51. The first-order valence-electron chi connectivity index (χ1n) is 2.94. The summed E-state index contributed by atoms with van der Waals surface area (Å²) in [6.07, 6.45) is -2.06. The van der Waals surface area contributed by atoms with Gasteiger partial charge in [0.2, 0.25) is 5.91 Å². The van der Waals surface area contributed by atoms with Gasteiger partial charge in [-0.05, 0) is 0 Å². The van der Waals surface area contributed by atoms with Crippen molar-refractivity contribution in [3.8, 4) is 0 Å². The van der Waals surface area contributed by atoms with E-state index in [-0.39, 0.29) is 0 Å². The Hall–Kier alpha value is -1.79. The molecule has 7 heteroatoms. The number of primary amides is 1. The van der Waals surface area contributed by atoms with Crippen molar-refractivity contribution in [3.63, 3.8) is 0 Å². The molecule has 0 saturated heterocycles. The molecule has 0 aliphatic rings. The summed E-state index contributed by atoms with van der Waals surface area (Å²) in [5, 5.41) is 18.1. The van der Waals surface area contributed by atoms with Crippen LogP contribution in [0.1, 0.15) is 6.42 Å². The summed E-state index contributed by atoms with van der Waals surface area (Å²) in [6, 6.07) is -1.47. The van der Waals surface area contributed by atoms with Gasteiger partial charge in [0.25, 0.3) is 0 Å². The molecule has 1 atom stereocenters. The molecule has 0 saturated carbocycles. The van der Waals surface area contributed by atoms with E-state index >= 15 is 0 Å². The number of carboxylic acid groups (broad SMARTS) is 2. The van der Waals surface area contributed by atoms with E-state index in [1.54, 1.807) is 5.32 Å². The summed E-state index contributed by atoms with van der Waals surface area (Å²) in [5.41, 5.74) is 4.67. The summed E-state index contributed by atoms with van der Waals surface area (Å²) in [7, 11) is 0. The van der Waals surface area contributed by atoms with Gasteiger partial charge in [0, 0.05) is 0 Å². The fourth-order valence-corrected chi connectivity index (χ4v) is 0.550. The molecule has 0 aromatic heterocycles. The number of carbonyl (C=O) groups excluding carboxylic acids is 1. The maximum Gasteiger partial charge on any atom is 0.405 e. The molecule has 0 radical (unpaired) electrons. The predicted molar refractivity (Wildman–Crippen MR) is 36.4 cm³/mol. The quantitative estimate of drug-likeness (QED) is 0.417. The number of nitrogens with two attached hydrogens (primary N) is 1. The Morgan fingerprint density at radius 3 is 2.08 bits per heavy atom. The summed E-state index contributed by atoms with van der Waals surface area (Å²) in [4.78, 5) is 30.4. The first-order chi connectivity index (χ1) is 5.43. The number of hydrogen-bond donors (Lipinski definition) is 4. The zero-order valence-electron chi connectivity index (χ0n) is 5.98. The van der Waals surface area contributed by atoms with Crippen LogP contribution < -0.4 is 11.1 Å². The van der Waals surface area contributed by atoms with E-state index in [0.29, 0.717) is 0 Å². The highest BCUT2D eigenvalue weighted by Gasteiger charge is 2.21. The number of amides is 2. The number of aliphatic carboxylic acids is 1. The molecular weight excluding hydrogens is 168 g/mol. The Bertz CT molecular complexity index is 198. The lowest BCUT2D eigenvalue weighted by Gasteiger charge is -2.08. The lowest BCUT2D eigenvalue weighted by atomic mass is 10.2. The van der Waals surface area contributed by atoms with E-state index in [9.17, 15) is 14.4 Å². The third kappa shape index (κ3) is 4.09. The number of carbonyl (C=O) groups is 3. The van der Waals surface area contributed by atoms with E-state index in [1.165, 1.54) is 0 Å². The molecule has 0 fully saturated rings. The number of hydrogen-bond acceptors (Lipinski definition) is 3. The summed E-state index contributed by atoms with van der Waals surface area (Å²) in [5.74, 6) is -2.31. The van der Waals surface area contributed by atoms with Crippen molar-refractivity contribution < 1.29 is 24.6 Å². The van der Waals surface area contributed by atoms with Gasteiger partial charge in [0.1, 0.15) is 6.04 Å². The van der Waals surface area contributed by atoms with Crippen molar-refractivity contribution in [2.24, 2.45) is 5.73 Å². The van der Waals surface area contributed by atoms with Gasteiger partial charge in [-0.2, -0.15) is 0 Å². The molecule has 1 unspecified atom stereocenters. The third-order valence-corrected chi connectivity index (χ3v) is 1.00. The van der Waals surface area contributed by atoms with E-state index in [4.69, 9.17) is 10.2 Å². The molecule has 0 bridgehead atoms. The molecule has 5 N–H and O–H groups in total. The van der Waals surface area contributed by atoms with Crippen LogP contribution in [0.3, 0.4) is 0 Å². The lowest BCUT2D eigenvalue weighted by molar-refractivity contribution is -0.141. The average molecular weight is 176 g/mol. The second-order valence-electron chi connectivity index (χ2n) is 2.01. The molecule has 0 spiro atoms. The maximum atomic E-state index is 10.2.